The average molecular weight is 431 g/mol. The Balaban J connectivity index is 0.00000208. The molecular weight excluding hydrogens is 410 g/mol. The van der Waals surface area contributed by atoms with E-state index in [0.717, 1.165) is 40.0 Å². The summed E-state index contributed by atoms with van der Waals surface area (Å²) in [4.78, 5) is 18.2. The van der Waals surface area contributed by atoms with Crippen LogP contribution >= 0.6 is 39.7 Å². The first kappa shape index (κ1) is 19.4. The number of hydrogen-bond donors (Lipinski definition) is 2. The van der Waals surface area contributed by atoms with Crippen molar-refractivity contribution in [1.82, 2.24) is 10.3 Å². The average Bonchev–Trinajstić information content (AvgIpc) is 2.88. The Labute approximate surface area is 161 Å². The lowest BCUT2D eigenvalue weighted by Gasteiger charge is -2.26. The molecule has 0 radical (unpaired) electrons. The predicted octanol–water partition coefficient (Wildman–Crippen LogP) is 4.63. The molecule has 0 saturated carbocycles. The van der Waals surface area contributed by atoms with Gasteiger partial charge in [-0.15, -0.1) is 23.7 Å². The summed E-state index contributed by atoms with van der Waals surface area (Å²) in [5.74, 6) is 0.168. The molecule has 1 aliphatic heterocycles. The predicted molar refractivity (Wildman–Crippen MR) is 106 cm³/mol. The van der Waals surface area contributed by atoms with Gasteiger partial charge in [-0.2, -0.15) is 0 Å². The molecule has 1 aromatic carbocycles. The highest BCUT2D eigenvalue weighted by Crippen LogP contribution is 2.31. The lowest BCUT2D eigenvalue weighted by Crippen LogP contribution is -2.40. The van der Waals surface area contributed by atoms with Crippen molar-refractivity contribution in [2.75, 3.05) is 11.9 Å². The number of hydrogen-bond acceptors (Lipinski definition) is 4. The van der Waals surface area contributed by atoms with E-state index in [9.17, 15) is 4.79 Å². The molecule has 3 rings (SSSR count). The molecule has 2 atom stereocenters. The highest BCUT2D eigenvalue weighted by atomic mass is 79.9. The van der Waals surface area contributed by atoms with E-state index >= 15 is 0 Å². The van der Waals surface area contributed by atoms with Crippen LogP contribution in [0.25, 0.3) is 11.3 Å². The zero-order chi connectivity index (χ0) is 16.4. The van der Waals surface area contributed by atoms with Crippen LogP contribution in [0.1, 0.15) is 24.6 Å². The van der Waals surface area contributed by atoms with Gasteiger partial charge in [-0.25, -0.2) is 4.98 Å². The summed E-state index contributed by atoms with van der Waals surface area (Å²) in [5, 5.41) is 7.07. The Kier molecular flexibility index (Phi) is 6.80. The van der Waals surface area contributed by atoms with Crippen molar-refractivity contribution < 1.29 is 4.79 Å². The van der Waals surface area contributed by atoms with Crippen molar-refractivity contribution >= 4 is 50.7 Å². The number of carbonyl (C=O) groups is 1. The number of nitrogens with zero attached hydrogens (tertiary/aromatic N) is 1. The van der Waals surface area contributed by atoms with Crippen LogP contribution in [0.2, 0.25) is 0 Å². The summed E-state index contributed by atoms with van der Waals surface area (Å²) in [6.07, 6.45) is 1.77. The number of carbonyl (C=O) groups excluding carboxylic acids is 1. The molecule has 2 aromatic rings. The molecule has 0 unspecified atom stereocenters. The topological polar surface area (TPSA) is 54.0 Å². The van der Waals surface area contributed by atoms with E-state index in [1.807, 2.05) is 31.2 Å². The molecule has 24 heavy (non-hydrogen) atoms. The standard InChI is InChI=1S/C17H20BrN3OS.ClH/c1-10-9-13(7-8-19-10)16(22)21-17-20-15(11(2)23-17)12-3-5-14(18)6-4-12;/h3-6,10,13,19H,7-9H2,1-2H3,(H,20,21,22);1H/t10-,13-;/m0./s1. The van der Waals surface area contributed by atoms with Crippen molar-refractivity contribution in [2.45, 2.75) is 32.7 Å². The number of rotatable bonds is 3. The number of nitrogens with one attached hydrogen (secondary N) is 2. The Bertz CT molecular complexity index is 704. The maximum Gasteiger partial charge on any atom is 0.229 e. The van der Waals surface area contributed by atoms with Gasteiger partial charge in [0.05, 0.1) is 5.69 Å². The molecule has 1 saturated heterocycles. The maximum atomic E-state index is 12.4. The number of halogens is 2. The Morgan fingerprint density at radius 2 is 2.08 bits per heavy atom. The number of aromatic nitrogens is 1. The Morgan fingerprint density at radius 1 is 1.38 bits per heavy atom. The quantitative estimate of drug-likeness (QED) is 0.746. The molecule has 1 fully saturated rings. The molecule has 1 aromatic heterocycles. The molecule has 0 bridgehead atoms. The van der Waals surface area contributed by atoms with Crippen LogP contribution < -0.4 is 10.6 Å². The van der Waals surface area contributed by atoms with E-state index in [0.29, 0.717) is 11.2 Å². The highest BCUT2D eigenvalue weighted by molar-refractivity contribution is 9.10. The summed E-state index contributed by atoms with van der Waals surface area (Å²) in [5.41, 5.74) is 2.01. The third-order valence-corrected chi connectivity index (χ3v) is 5.55. The van der Waals surface area contributed by atoms with Gasteiger partial charge in [0.1, 0.15) is 0 Å². The second kappa shape index (κ2) is 8.43. The minimum absolute atomic E-state index is 0. The monoisotopic (exact) mass is 429 g/mol. The molecule has 1 amide bonds. The van der Waals surface area contributed by atoms with Gasteiger partial charge in [-0.05, 0) is 45.4 Å². The smallest absolute Gasteiger partial charge is 0.229 e. The molecule has 2 N–H and O–H groups in total. The van der Waals surface area contributed by atoms with Gasteiger partial charge in [-0.3, -0.25) is 4.79 Å². The third-order valence-electron chi connectivity index (χ3n) is 4.14. The number of thiazole rings is 1. The molecule has 0 spiro atoms. The fraction of sp³-hybridized carbons (Fsp3) is 0.412. The second-order valence-corrected chi connectivity index (χ2v) is 8.12. The number of anilines is 1. The number of amides is 1. The Hall–Kier alpha value is -0.950. The van der Waals surface area contributed by atoms with Crippen molar-refractivity contribution in [3.05, 3.63) is 33.6 Å². The SMILES string of the molecule is Cc1sc(NC(=O)[C@H]2CCN[C@@H](C)C2)nc1-c1ccc(Br)cc1.Cl. The minimum atomic E-state index is 0. The number of aryl methyl sites for hydroxylation is 1. The van der Waals surface area contributed by atoms with Gasteiger partial charge in [0.2, 0.25) is 5.91 Å². The van der Waals surface area contributed by atoms with Gasteiger partial charge in [-0.1, -0.05) is 28.1 Å². The van der Waals surface area contributed by atoms with E-state index < -0.39 is 0 Å². The van der Waals surface area contributed by atoms with Crippen LogP contribution in [-0.2, 0) is 4.79 Å². The lowest BCUT2D eigenvalue weighted by atomic mass is 9.92. The zero-order valence-corrected chi connectivity index (χ0v) is 16.9. The summed E-state index contributed by atoms with van der Waals surface area (Å²) >= 11 is 4.98. The van der Waals surface area contributed by atoms with Crippen LogP contribution in [0, 0.1) is 12.8 Å². The highest BCUT2D eigenvalue weighted by Gasteiger charge is 2.25. The van der Waals surface area contributed by atoms with E-state index in [2.05, 4.69) is 38.5 Å². The molecule has 0 aliphatic carbocycles. The molecule has 1 aliphatic rings. The molecule has 130 valence electrons. The van der Waals surface area contributed by atoms with Gasteiger partial charge >= 0.3 is 0 Å². The summed E-state index contributed by atoms with van der Waals surface area (Å²) in [7, 11) is 0. The Morgan fingerprint density at radius 3 is 2.75 bits per heavy atom. The van der Waals surface area contributed by atoms with Gasteiger partial charge in [0, 0.05) is 26.9 Å². The van der Waals surface area contributed by atoms with Crippen LogP contribution in [0.5, 0.6) is 0 Å². The zero-order valence-electron chi connectivity index (χ0n) is 13.6. The van der Waals surface area contributed by atoms with E-state index in [1.165, 1.54) is 11.3 Å². The van der Waals surface area contributed by atoms with Gasteiger partial charge < -0.3 is 10.6 Å². The van der Waals surface area contributed by atoms with Crippen LogP contribution in [0.3, 0.4) is 0 Å². The van der Waals surface area contributed by atoms with E-state index in [4.69, 9.17) is 0 Å². The van der Waals surface area contributed by atoms with Gasteiger partial charge in [0.25, 0.3) is 0 Å². The van der Waals surface area contributed by atoms with Crippen LogP contribution in [-0.4, -0.2) is 23.5 Å². The van der Waals surface area contributed by atoms with Crippen LogP contribution in [0.15, 0.2) is 28.7 Å². The lowest BCUT2D eigenvalue weighted by molar-refractivity contribution is -0.120. The van der Waals surface area contributed by atoms with Crippen molar-refractivity contribution in [3.63, 3.8) is 0 Å². The number of benzene rings is 1. The molecular formula is C17H21BrClN3OS. The van der Waals surface area contributed by atoms with Crippen molar-refractivity contribution in [3.8, 4) is 11.3 Å². The van der Waals surface area contributed by atoms with Crippen molar-refractivity contribution in [1.29, 1.82) is 0 Å². The molecule has 2 heterocycles. The fourth-order valence-electron chi connectivity index (χ4n) is 2.90. The normalized spacial score (nSPS) is 20.3. The molecule has 7 heteroatoms. The van der Waals surface area contributed by atoms with Crippen molar-refractivity contribution in [2.24, 2.45) is 5.92 Å². The van der Waals surface area contributed by atoms with E-state index in [1.54, 1.807) is 0 Å². The summed E-state index contributed by atoms with van der Waals surface area (Å²) in [6.45, 7) is 5.07. The first-order valence-corrected chi connectivity index (χ1v) is 9.41. The first-order valence-electron chi connectivity index (χ1n) is 7.80. The largest absolute Gasteiger partial charge is 0.314 e. The molecule has 4 nitrogen and oxygen atoms in total. The maximum absolute atomic E-state index is 12.4. The van der Waals surface area contributed by atoms with Crippen LogP contribution in [0.4, 0.5) is 5.13 Å². The minimum Gasteiger partial charge on any atom is -0.314 e. The van der Waals surface area contributed by atoms with E-state index in [-0.39, 0.29) is 24.2 Å². The number of piperidine rings is 1. The summed E-state index contributed by atoms with van der Waals surface area (Å²) in [6, 6.07) is 8.47. The summed E-state index contributed by atoms with van der Waals surface area (Å²) < 4.78 is 1.04. The van der Waals surface area contributed by atoms with Gasteiger partial charge in [0.15, 0.2) is 5.13 Å². The first-order chi connectivity index (χ1) is 11.0. The third kappa shape index (κ3) is 4.57. The fourth-order valence-corrected chi connectivity index (χ4v) is 4.01. The second-order valence-electron chi connectivity index (χ2n) is 6.00.